The van der Waals surface area contributed by atoms with E-state index >= 15 is 0 Å². The van der Waals surface area contributed by atoms with E-state index < -0.39 is 0 Å². The van der Waals surface area contributed by atoms with Crippen molar-refractivity contribution in [3.8, 4) is 0 Å². The molecule has 3 aromatic rings. The molecule has 1 aromatic heterocycles. The molecule has 0 radical (unpaired) electrons. The first-order chi connectivity index (χ1) is 14.7. The highest BCUT2D eigenvalue weighted by molar-refractivity contribution is 7.09. The number of benzene rings is 2. The summed E-state index contributed by atoms with van der Waals surface area (Å²) in [4.78, 5) is 20.8. The number of likely N-dealkylation sites (N-methyl/N-ethyl adjacent to an activating group) is 1. The number of carbonyl (C=O) groups excluding carboxylic acids is 1. The van der Waals surface area contributed by atoms with Gasteiger partial charge >= 0.3 is 0 Å². The number of hydrogen-bond acceptors (Lipinski definition) is 4. The first-order valence-corrected chi connectivity index (χ1v) is 11.4. The fourth-order valence-electron chi connectivity index (χ4n) is 4.17. The first kappa shape index (κ1) is 20.8. The summed E-state index contributed by atoms with van der Waals surface area (Å²) in [6.07, 6.45) is 0. The van der Waals surface area contributed by atoms with Crippen molar-refractivity contribution in [3.05, 3.63) is 94.2 Å². The Morgan fingerprint density at radius 3 is 2.03 bits per heavy atom. The van der Waals surface area contributed by atoms with Gasteiger partial charge in [-0.1, -0.05) is 66.7 Å². The first-order valence-electron chi connectivity index (χ1n) is 10.5. The van der Waals surface area contributed by atoms with Gasteiger partial charge in [-0.25, -0.2) is 0 Å². The molecule has 4 rings (SSSR count). The summed E-state index contributed by atoms with van der Waals surface area (Å²) >= 11 is 1.74. The van der Waals surface area contributed by atoms with Gasteiger partial charge < -0.3 is 4.90 Å². The van der Waals surface area contributed by atoms with Crippen LogP contribution in [0.3, 0.4) is 0 Å². The van der Waals surface area contributed by atoms with Crippen molar-refractivity contribution in [3.63, 3.8) is 0 Å². The average molecular weight is 420 g/mol. The van der Waals surface area contributed by atoms with Crippen LogP contribution in [-0.4, -0.2) is 60.4 Å². The number of piperazine rings is 1. The minimum Gasteiger partial charge on any atom is -0.339 e. The molecule has 30 heavy (non-hydrogen) atoms. The zero-order valence-electron chi connectivity index (χ0n) is 17.5. The molecule has 1 saturated heterocycles. The van der Waals surface area contributed by atoms with E-state index in [-0.39, 0.29) is 11.9 Å². The normalized spacial score (nSPS) is 15.1. The van der Waals surface area contributed by atoms with E-state index in [0.29, 0.717) is 6.54 Å². The number of carbonyl (C=O) groups is 1. The zero-order chi connectivity index (χ0) is 20.8. The number of hydrogen-bond donors (Lipinski definition) is 0. The van der Waals surface area contributed by atoms with Crippen molar-refractivity contribution in [2.75, 3.05) is 39.8 Å². The lowest BCUT2D eigenvalue weighted by Crippen LogP contribution is -2.51. The Morgan fingerprint density at radius 2 is 1.50 bits per heavy atom. The Labute approximate surface area is 183 Å². The smallest absolute Gasteiger partial charge is 0.236 e. The van der Waals surface area contributed by atoms with Crippen LogP contribution in [0.4, 0.5) is 0 Å². The van der Waals surface area contributed by atoms with Crippen molar-refractivity contribution < 1.29 is 4.79 Å². The van der Waals surface area contributed by atoms with Gasteiger partial charge in [0.1, 0.15) is 0 Å². The number of thiophene rings is 1. The van der Waals surface area contributed by atoms with Gasteiger partial charge in [0.25, 0.3) is 0 Å². The minimum absolute atomic E-state index is 0.227. The second-order valence-corrected chi connectivity index (χ2v) is 8.92. The molecule has 1 aliphatic rings. The molecular formula is C25H29N3OS. The van der Waals surface area contributed by atoms with Crippen LogP contribution in [0.25, 0.3) is 0 Å². The Bertz CT molecular complexity index is 867. The third-order valence-electron chi connectivity index (χ3n) is 5.67. The van der Waals surface area contributed by atoms with Gasteiger partial charge in [-0.05, 0) is 29.6 Å². The van der Waals surface area contributed by atoms with Gasteiger partial charge in [0.05, 0.1) is 12.6 Å². The topological polar surface area (TPSA) is 26.8 Å². The van der Waals surface area contributed by atoms with Crippen LogP contribution in [0.2, 0.25) is 0 Å². The van der Waals surface area contributed by atoms with Crippen LogP contribution in [0.15, 0.2) is 78.2 Å². The molecule has 1 amide bonds. The summed E-state index contributed by atoms with van der Waals surface area (Å²) in [6.45, 7) is 4.62. The molecule has 0 aliphatic carbocycles. The van der Waals surface area contributed by atoms with Crippen molar-refractivity contribution in [1.82, 2.24) is 14.7 Å². The molecule has 156 valence electrons. The maximum atomic E-state index is 12.8. The predicted molar refractivity (Wildman–Crippen MR) is 124 cm³/mol. The third kappa shape index (κ3) is 5.17. The summed E-state index contributed by atoms with van der Waals surface area (Å²) in [7, 11) is 2.02. The Balaban J connectivity index is 1.38. The Morgan fingerprint density at radius 1 is 0.900 bits per heavy atom. The van der Waals surface area contributed by atoms with E-state index in [2.05, 4.69) is 88.0 Å². The zero-order valence-corrected chi connectivity index (χ0v) is 18.3. The Kier molecular flexibility index (Phi) is 6.95. The molecule has 5 heteroatoms. The van der Waals surface area contributed by atoms with Crippen LogP contribution < -0.4 is 0 Å². The van der Waals surface area contributed by atoms with Crippen molar-refractivity contribution in [2.24, 2.45) is 0 Å². The van der Waals surface area contributed by atoms with Gasteiger partial charge in [0.2, 0.25) is 5.91 Å². The van der Waals surface area contributed by atoms with E-state index in [1.165, 1.54) is 16.0 Å². The third-order valence-corrected chi connectivity index (χ3v) is 6.53. The van der Waals surface area contributed by atoms with Crippen LogP contribution in [0.1, 0.15) is 22.0 Å². The fourth-order valence-corrected chi connectivity index (χ4v) is 4.95. The van der Waals surface area contributed by atoms with Crippen molar-refractivity contribution in [1.29, 1.82) is 0 Å². The summed E-state index contributed by atoms with van der Waals surface area (Å²) < 4.78 is 0. The molecule has 2 aromatic carbocycles. The van der Waals surface area contributed by atoms with E-state index in [9.17, 15) is 4.79 Å². The van der Waals surface area contributed by atoms with Gasteiger partial charge in [-0.2, -0.15) is 0 Å². The standard InChI is InChI=1S/C25H29N3OS/c1-26(19-23-13-8-18-30-23)20-24(29)27-14-16-28(17-15-27)25(21-9-4-2-5-10-21)22-11-6-3-7-12-22/h2-13,18,25H,14-17,19-20H2,1H3. The second kappa shape index (κ2) is 10.0. The highest BCUT2D eigenvalue weighted by Crippen LogP contribution is 2.29. The minimum atomic E-state index is 0.227. The number of rotatable bonds is 7. The highest BCUT2D eigenvalue weighted by atomic mass is 32.1. The quantitative estimate of drug-likeness (QED) is 0.577. The SMILES string of the molecule is CN(CC(=O)N1CCN(C(c2ccccc2)c2ccccc2)CC1)Cc1cccs1. The molecule has 1 aliphatic heterocycles. The van der Waals surface area contributed by atoms with Gasteiger partial charge in [-0.15, -0.1) is 11.3 Å². The molecular weight excluding hydrogens is 390 g/mol. The fraction of sp³-hybridized carbons (Fsp3) is 0.320. The molecule has 4 nitrogen and oxygen atoms in total. The molecule has 0 N–H and O–H groups in total. The van der Waals surface area contributed by atoms with Gasteiger partial charge in [-0.3, -0.25) is 14.6 Å². The van der Waals surface area contributed by atoms with Crippen LogP contribution in [0, 0.1) is 0 Å². The molecule has 2 heterocycles. The Hall–Kier alpha value is -2.47. The predicted octanol–water partition coefficient (Wildman–Crippen LogP) is 4.11. The summed E-state index contributed by atoms with van der Waals surface area (Å²) in [5, 5.41) is 2.08. The lowest BCUT2D eigenvalue weighted by molar-refractivity contribution is -0.134. The van der Waals surface area contributed by atoms with E-state index in [1.807, 2.05) is 11.9 Å². The summed E-state index contributed by atoms with van der Waals surface area (Å²) in [5.41, 5.74) is 2.61. The molecule has 0 bridgehead atoms. The van der Waals surface area contributed by atoms with Crippen molar-refractivity contribution >= 4 is 17.2 Å². The molecule has 0 spiro atoms. The number of nitrogens with zero attached hydrogens (tertiary/aromatic N) is 3. The molecule has 1 fully saturated rings. The van der Waals surface area contributed by atoms with Gasteiger partial charge in [0, 0.05) is 37.6 Å². The second-order valence-electron chi connectivity index (χ2n) is 7.89. The molecule has 0 unspecified atom stereocenters. The van der Waals surface area contributed by atoms with Gasteiger partial charge in [0.15, 0.2) is 0 Å². The summed E-state index contributed by atoms with van der Waals surface area (Å²) in [6, 6.07) is 25.8. The van der Waals surface area contributed by atoms with Crippen LogP contribution in [-0.2, 0) is 11.3 Å². The van der Waals surface area contributed by atoms with Crippen LogP contribution >= 0.6 is 11.3 Å². The lowest BCUT2D eigenvalue weighted by atomic mass is 9.96. The monoisotopic (exact) mass is 419 g/mol. The average Bonchev–Trinajstić information content (AvgIpc) is 3.29. The maximum absolute atomic E-state index is 12.8. The number of amides is 1. The highest BCUT2D eigenvalue weighted by Gasteiger charge is 2.28. The van der Waals surface area contributed by atoms with Crippen LogP contribution in [0.5, 0.6) is 0 Å². The lowest BCUT2D eigenvalue weighted by Gasteiger charge is -2.40. The molecule has 0 atom stereocenters. The van der Waals surface area contributed by atoms with E-state index in [4.69, 9.17) is 0 Å². The van der Waals surface area contributed by atoms with E-state index in [0.717, 1.165) is 32.7 Å². The maximum Gasteiger partial charge on any atom is 0.236 e. The van der Waals surface area contributed by atoms with E-state index in [1.54, 1.807) is 11.3 Å². The van der Waals surface area contributed by atoms with Crippen molar-refractivity contribution in [2.45, 2.75) is 12.6 Å². The largest absolute Gasteiger partial charge is 0.339 e. The summed E-state index contributed by atoms with van der Waals surface area (Å²) in [5.74, 6) is 0.227. The molecule has 0 saturated carbocycles.